The molecule has 0 amide bonds. The van der Waals surface area contributed by atoms with E-state index in [4.69, 9.17) is 0 Å². The van der Waals surface area contributed by atoms with Crippen molar-refractivity contribution in [1.82, 2.24) is 0 Å². The van der Waals surface area contributed by atoms with E-state index in [1.54, 1.807) is 4.88 Å². The third-order valence-electron chi connectivity index (χ3n) is 2.40. The molecule has 0 fully saturated rings. The van der Waals surface area contributed by atoms with E-state index in [-0.39, 0.29) is 0 Å². The van der Waals surface area contributed by atoms with Gasteiger partial charge in [0.25, 0.3) is 0 Å². The van der Waals surface area contributed by atoms with Crippen LogP contribution in [0.3, 0.4) is 0 Å². The van der Waals surface area contributed by atoms with Crippen LogP contribution < -0.4 is 0 Å². The summed E-state index contributed by atoms with van der Waals surface area (Å²) >= 11 is 1.88. The molecule has 0 aliphatic heterocycles. The second-order valence-corrected chi connectivity index (χ2v) is 4.52. The first-order chi connectivity index (χ1) is 5.83. The maximum Gasteiger partial charge on any atom is 0.00452 e. The summed E-state index contributed by atoms with van der Waals surface area (Å²) in [6, 6.07) is 4.38. The Labute approximate surface area is 79.6 Å². The zero-order valence-corrected chi connectivity index (χ0v) is 8.86. The Hall–Kier alpha value is -0.300. The Morgan fingerprint density at radius 1 is 1.50 bits per heavy atom. The molecule has 0 aliphatic carbocycles. The smallest absolute Gasteiger partial charge is 0.00452 e. The fraction of sp³-hybridized carbons (Fsp3) is 0.636. The average molecular weight is 182 g/mol. The monoisotopic (exact) mass is 182 g/mol. The predicted molar refractivity (Wildman–Crippen MR) is 56.7 cm³/mol. The third-order valence-corrected chi connectivity index (χ3v) is 3.33. The van der Waals surface area contributed by atoms with Crippen molar-refractivity contribution in [3.05, 3.63) is 22.4 Å². The van der Waals surface area contributed by atoms with Gasteiger partial charge in [0.1, 0.15) is 0 Å². The van der Waals surface area contributed by atoms with Crippen molar-refractivity contribution in [3.63, 3.8) is 0 Å². The van der Waals surface area contributed by atoms with Gasteiger partial charge in [-0.1, -0.05) is 32.8 Å². The lowest BCUT2D eigenvalue weighted by molar-refractivity contribution is 0.497. The number of hydrogen-bond donors (Lipinski definition) is 0. The van der Waals surface area contributed by atoms with Crippen molar-refractivity contribution in [2.75, 3.05) is 0 Å². The van der Waals surface area contributed by atoms with Crippen molar-refractivity contribution in [2.24, 2.45) is 5.92 Å². The zero-order valence-electron chi connectivity index (χ0n) is 8.05. The molecule has 0 spiro atoms. The molecule has 1 aromatic rings. The minimum absolute atomic E-state index is 0.907. The molecular formula is C11H18S. The van der Waals surface area contributed by atoms with E-state index in [1.807, 2.05) is 11.3 Å². The normalized spacial score (nSPS) is 13.2. The van der Waals surface area contributed by atoms with E-state index >= 15 is 0 Å². The SMILES string of the molecule is CCC(C)CCCc1cccs1. The molecule has 1 unspecified atom stereocenters. The second kappa shape index (κ2) is 5.36. The van der Waals surface area contributed by atoms with Crippen LogP contribution in [-0.4, -0.2) is 0 Å². The second-order valence-electron chi connectivity index (χ2n) is 3.49. The molecule has 0 saturated heterocycles. The molecule has 0 aromatic carbocycles. The van der Waals surface area contributed by atoms with Crippen molar-refractivity contribution >= 4 is 11.3 Å². The van der Waals surface area contributed by atoms with Gasteiger partial charge < -0.3 is 0 Å². The summed E-state index contributed by atoms with van der Waals surface area (Å²) in [6.45, 7) is 4.62. The molecule has 12 heavy (non-hydrogen) atoms. The van der Waals surface area contributed by atoms with Crippen molar-refractivity contribution in [1.29, 1.82) is 0 Å². The van der Waals surface area contributed by atoms with Crippen LogP contribution in [0, 0.1) is 5.92 Å². The number of hydrogen-bond acceptors (Lipinski definition) is 1. The minimum atomic E-state index is 0.907. The summed E-state index contributed by atoms with van der Waals surface area (Å²) in [5.74, 6) is 0.907. The number of thiophene rings is 1. The third kappa shape index (κ3) is 3.40. The van der Waals surface area contributed by atoms with Crippen molar-refractivity contribution in [3.8, 4) is 0 Å². The Bertz CT molecular complexity index is 189. The van der Waals surface area contributed by atoms with Crippen LogP contribution in [0.4, 0.5) is 0 Å². The lowest BCUT2D eigenvalue weighted by atomic mass is 10.0. The van der Waals surface area contributed by atoms with E-state index in [0.29, 0.717) is 0 Å². The molecule has 1 aromatic heterocycles. The van der Waals surface area contributed by atoms with Gasteiger partial charge in [0.2, 0.25) is 0 Å². The zero-order chi connectivity index (χ0) is 8.81. The van der Waals surface area contributed by atoms with Gasteiger partial charge in [-0.15, -0.1) is 11.3 Å². The molecule has 0 aliphatic rings. The van der Waals surface area contributed by atoms with Gasteiger partial charge in [-0.3, -0.25) is 0 Å². The standard InChI is InChI=1S/C11H18S/c1-3-10(2)6-4-7-11-8-5-9-12-11/h5,8-10H,3-4,6-7H2,1-2H3. The quantitative estimate of drug-likeness (QED) is 0.642. The van der Waals surface area contributed by atoms with E-state index in [9.17, 15) is 0 Å². The highest BCUT2D eigenvalue weighted by molar-refractivity contribution is 7.09. The molecule has 0 nitrogen and oxygen atoms in total. The van der Waals surface area contributed by atoms with Crippen LogP contribution >= 0.6 is 11.3 Å². The van der Waals surface area contributed by atoms with E-state index in [1.165, 1.54) is 25.7 Å². The Kier molecular flexibility index (Phi) is 4.37. The highest BCUT2D eigenvalue weighted by Crippen LogP contribution is 2.15. The summed E-state index contributed by atoms with van der Waals surface area (Å²) in [5.41, 5.74) is 0. The molecule has 0 radical (unpaired) electrons. The predicted octanol–water partition coefficient (Wildman–Crippen LogP) is 4.12. The van der Waals surface area contributed by atoms with Gasteiger partial charge in [-0.05, 0) is 30.2 Å². The van der Waals surface area contributed by atoms with Gasteiger partial charge in [-0.25, -0.2) is 0 Å². The topological polar surface area (TPSA) is 0 Å². The van der Waals surface area contributed by atoms with Crippen LogP contribution in [-0.2, 0) is 6.42 Å². The average Bonchev–Trinajstić information content (AvgIpc) is 2.57. The Morgan fingerprint density at radius 2 is 2.33 bits per heavy atom. The van der Waals surface area contributed by atoms with Crippen molar-refractivity contribution < 1.29 is 0 Å². The molecular weight excluding hydrogens is 164 g/mol. The fourth-order valence-corrected chi connectivity index (χ4v) is 2.03. The molecule has 0 saturated carbocycles. The van der Waals surface area contributed by atoms with Crippen LogP contribution in [0.2, 0.25) is 0 Å². The highest BCUT2D eigenvalue weighted by atomic mass is 32.1. The molecule has 0 N–H and O–H groups in total. The molecule has 1 heteroatoms. The number of rotatable bonds is 5. The molecule has 68 valence electrons. The first-order valence-electron chi connectivity index (χ1n) is 4.85. The van der Waals surface area contributed by atoms with Gasteiger partial charge in [0.05, 0.1) is 0 Å². The van der Waals surface area contributed by atoms with E-state index in [0.717, 1.165) is 5.92 Å². The van der Waals surface area contributed by atoms with Crippen molar-refractivity contribution in [2.45, 2.75) is 39.5 Å². The molecule has 1 heterocycles. The Balaban J connectivity index is 2.11. The summed E-state index contributed by atoms with van der Waals surface area (Å²) < 4.78 is 0. The number of aryl methyl sites for hydroxylation is 1. The fourth-order valence-electron chi connectivity index (χ4n) is 1.28. The highest BCUT2D eigenvalue weighted by Gasteiger charge is 1.99. The van der Waals surface area contributed by atoms with Crippen LogP contribution in [0.15, 0.2) is 17.5 Å². The summed E-state index contributed by atoms with van der Waals surface area (Å²) in [5, 5.41) is 2.17. The first-order valence-corrected chi connectivity index (χ1v) is 5.73. The van der Waals surface area contributed by atoms with Gasteiger partial charge in [0.15, 0.2) is 0 Å². The van der Waals surface area contributed by atoms with Gasteiger partial charge in [0, 0.05) is 4.88 Å². The first kappa shape index (κ1) is 9.79. The van der Waals surface area contributed by atoms with Gasteiger partial charge >= 0.3 is 0 Å². The Morgan fingerprint density at radius 3 is 2.92 bits per heavy atom. The largest absolute Gasteiger partial charge is 0.149 e. The molecule has 0 bridgehead atoms. The minimum Gasteiger partial charge on any atom is -0.149 e. The lowest BCUT2D eigenvalue weighted by Crippen LogP contribution is -1.92. The van der Waals surface area contributed by atoms with Gasteiger partial charge in [-0.2, -0.15) is 0 Å². The molecule has 1 rings (SSSR count). The van der Waals surface area contributed by atoms with E-state index in [2.05, 4.69) is 31.4 Å². The van der Waals surface area contributed by atoms with Crippen LogP contribution in [0.1, 0.15) is 38.0 Å². The summed E-state index contributed by atoms with van der Waals surface area (Å²) in [6.07, 6.45) is 5.34. The lowest BCUT2D eigenvalue weighted by Gasteiger charge is -2.06. The van der Waals surface area contributed by atoms with Crippen LogP contribution in [0.5, 0.6) is 0 Å². The molecule has 1 atom stereocenters. The maximum atomic E-state index is 2.34. The van der Waals surface area contributed by atoms with E-state index < -0.39 is 0 Å². The summed E-state index contributed by atoms with van der Waals surface area (Å²) in [4.78, 5) is 1.54. The summed E-state index contributed by atoms with van der Waals surface area (Å²) in [7, 11) is 0. The van der Waals surface area contributed by atoms with Crippen LogP contribution in [0.25, 0.3) is 0 Å². The maximum absolute atomic E-state index is 2.34.